The van der Waals surface area contributed by atoms with Gasteiger partial charge in [0, 0.05) is 4.90 Å². The molecule has 0 aliphatic heterocycles. The van der Waals surface area contributed by atoms with Gasteiger partial charge < -0.3 is 4.98 Å². The minimum Gasteiger partial charge on any atom is -0.309 e. The Bertz CT molecular complexity index is 886. The van der Waals surface area contributed by atoms with Gasteiger partial charge in [-0.2, -0.15) is 0 Å². The SMILES string of the molecule is Cc1ccc(S[C@H](C)c2nc3ccccc3c(=O)[nH]2)c(C)c1. The molecule has 3 aromatic rings. The predicted molar refractivity (Wildman–Crippen MR) is 92.6 cm³/mol. The average Bonchev–Trinajstić information content (AvgIpc) is 2.50. The topological polar surface area (TPSA) is 45.8 Å². The van der Waals surface area contributed by atoms with E-state index in [0.29, 0.717) is 11.2 Å². The lowest BCUT2D eigenvalue weighted by molar-refractivity contribution is 0.922. The lowest BCUT2D eigenvalue weighted by Crippen LogP contribution is -2.12. The van der Waals surface area contributed by atoms with Crippen LogP contribution in [0.2, 0.25) is 0 Å². The molecule has 0 amide bonds. The number of fused-ring (bicyclic) bond motifs is 1. The van der Waals surface area contributed by atoms with E-state index in [0.717, 1.165) is 5.52 Å². The van der Waals surface area contributed by atoms with Gasteiger partial charge in [-0.15, -0.1) is 11.8 Å². The Kier molecular flexibility index (Phi) is 4.03. The number of aryl methyl sites for hydroxylation is 2. The molecule has 0 saturated carbocycles. The van der Waals surface area contributed by atoms with Crippen molar-refractivity contribution in [2.75, 3.05) is 0 Å². The summed E-state index contributed by atoms with van der Waals surface area (Å²) >= 11 is 1.72. The normalized spacial score (nSPS) is 12.5. The first kappa shape index (κ1) is 14.9. The van der Waals surface area contributed by atoms with E-state index in [4.69, 9.17) is 0 Å². The Balaban J connectivity index is 1.95. The standard InChI is InChI=1S/C18H18N2OS/c1-11-8-9-16(12(2)10-11)22-13(3)17-19-15-7-5-4-6-14(15)18(21)20-17/h4-10,13H,1-3H3,(H,19,20,21)/t13-/m1/s1. The molecule has 0 saturated heterocycles. The van der Waals surface area contributed by atoms with E-state index in [1.807, 2.05) is 18.2 Å². The zero-order valence-corrected chi connectivity index (χ0v) is 13.7. The second-order valence-electron chi connectivity index (χ2n) is 5.50. The van der Waals surface area contributed by atoms with Crippen LogP contribution in [0.25, 0.3) is 10.9 Å². The smallest absolute Gasteiger partial charge is 0.258 e. The lowest BCUT2D eigenvalue weighted by Gasteiger charge is -2.13. The van der Waals surface area contributed by atoms with Crippen molar-refractivity contribution in [1.29, 1.82) is 0 Å². The zero-order chi connectivity index (χ0) is 15.7. The molecule has 3 rings (SSSR count). The molecule has 1 atom stereocenters. The third-order valence-corrected chi connectivity index (χ3v) is 4.94. The number of thioether (sulfide) groups is 1. The van der Waals surface area contributed by atoms with Crippen LogP contribution in [0.5, 0.6) is 0 Å². The van der Waals surface area contributed by atoms with Gasteiger partial charge in [0.15, 0.2) is 0 Å². The van der Waals surface area contributed by atoms with Crippen LogP contribution >= 0.6 is 11.8 Å². The summed E-state index contributed by atoms with van der Waals surface area (Å²) in [5.74, 6) is 0.716. The highest BCUT2D eigenvalue weighted by molar-refractivity contribution is 7.99. The molecule has 112 valence electrons. The first-order valence-electron chi connectivity index (χ1n) is 7.27. The van der Waals surface area contributed by atoms with Gasteiger partial charge >= 0.3 is 0 Å². The van der Waals surface area contributed by atoms with Crippen molar-refractivity contribution in [1.82, 2.24) is 9.97 Å². The third-order valence-electron chi connectivity index (χ3n) is 3.65. The van der Waals surface area contributed by atoms with Crippen molar-refractivity contribution < 1.29 is 0 Å². The van der Waals surface area contributed by atoms with Crippen LogP contribution in [0.4, 0.5) is 0 Å². The molecular formula is C18H18N2OS. The number of hydrogen-bond acceptors (Lipinski definition) is 3. The van der Waals surface area contributed by atoms with Gasteiger partial charge in [0.25, 0.3) is 5.56 Å². The van der Waals surface area contributed by atoms with Gasteiger partial charge in [0.05, 0.1) is 16.2 Å². The van der Waals surface area contributed by atoms with Gasteiger partial charge in [-0.25, -0.2) is 4.98 Å². The summed E-state index contributed by atoms with van der Waals surface area (Å²) in [6, 6.07) is 13.8. The van der Waals surface area contributed by atoms with E-state index < -0.39 is 0 Å². The summed E-state index contributed by atoms with van der Waals surface area (Å²) in [7, 11) is 0. The fourth-order valence-corrected chi connectivity index (χ4v) is 3.47. The van der Waals surface area contributed by atoms with Crippen molar-refractivity contribution in [3.05, 3.63) is 69.8 Å². The number of aromatic amines is 1. The molecule has 0 fully saturated rings. The molecule has 0 unspecified atom stereocenters. The highest BCUT2D eigenvalue weighted by Gasteiger charge is 2.13. The molecule has 2 aromatic carbocycles. The highest BCUT2D eigenvalue weighted by atomic mass is 32.2. The van der Waals surface area contributed by atoms with Gasteiger partial charge in [0.1, 0.15) is 5.82 Å². The van der Waals surface area contributed by atoms with Crippen molar-refractivity contribution >= 4 is 22.7 Å². The number of H-pyrrole nitrogens is 1. The van der Waals surface area contributed by atoms with Crippen molar-refractivity contribution in [2.45, 2.75) is 30.9 Å². The van der Waals surface area contributed by atoms with Crippen LogP contribution < -0.4 is 5.56 Å². The van der Waals surface area contributed by atoms with Crippen LogP contribution in [0.1, 0.15) is 29.1 Å². The molecule has 22 heavy (non-hydrogen) atoms. The zero-order valence-electron chi connectivity index (χ0n) is 12.9. The highest BCUT2D eigenvalue weighted by Crippen LogP contribution is 2.35. The van der Waals surface area contributed by atoms with Crippen molar-refractivity contribution in [3.63, 3.8) is 0 Å². The summed E-state index contributed by atoms with van der Waals surface area (Å²) in [5, 5.41) is 0.716. The third kappa shape index (κ3) is 2.92. The lowest BCUT2D eigenvalue weighted by atomic mass is 10.2. The maximum absolute atomic E-state index is 12.2. The predicted octanol–water partition coefficient (Wildman–Crippen LogP) is 4.39. The second-order valence-corrected chi connectivity index (χ2v) is 6.88. The van der Waals surface area contributed by atoms with Crippen molar-refractivity contribution in [3.8, 4) is 0 Å². The second kappa shape index (κ2) is 5.97. The number of para-hydroxylation sites is 1. The Morgan fingerprint density at radius 2 is 1.91 bits per heavy atom. The van der Waals surface area contributed by atoms with Crippen molar-refractivity contribution in [2.24, 2.45) is 0 Å². The van der Waals surface area contributed by atoms with E-state index in [1.54, 1.807) is 17.8 Å². The molecule has 4 heteroatoms. The van der Waals surface area contributed by atoms with Crippen LogP contribution in [-0.2, 0) is 0 Å². The summed E-state index contributed by atoms with van der Waals surface area (Å²) in [4.78, 5) is 20.9. The fraction of sp³-hybridized carbons (Fsp3) is 0.222. The van der Waals surface area contributed by atoms with E-state index in [1.165, 1.54) is 16.0 Å². The molecule has 0 aliphatic rings. The maximum Gasteiger partial charge on any atom is 0.258 e. The first-order chi connectivity index (χ1) is 10.5. The Morgan fingerprint density at radius 1 is 1.14 bits per heavy atom. The molecule has 1 heterocycles. The van der Waals surface area contributed by atoms with E-state index >= 15 is 0 Å². The van der Waals surface area contributed by atoms with Crippen LogP contribution in [0, 0.1) is 13.8 Å². The number of nitrogens with zero attached hydrogens (tertiary/aromatic N) is 1. The molecule has 1 aromatic heterocycles. The number of hydrogen-bond donors (Lipinski definition) is 1. The summed E-state index contributed by atoms with van der Waals surface area (Å²) in [6.45, 7) is 6.27. The molecule has 0 spiro atoms. The summed E-state index contributed by atoms with van der Waals surface area (Å²) < 4.78 is 0. The Hall–Kier alpha value is -2.07. The largest absolute Gasteiger partial charge is 0.309 e. The van der Waals surface area contributed by atoms with Crippen LogP contribution in [0.15, 0.2) is 52.2 Å². The molecule has 0 aliphatic carbocycles. The fourth-order valence-electron chi connectivity index (χ4n) is 2.47. The van der Waals surface area contributed by atoms with Crippen LogP contribution in [-0.4, -0.2) is 9.97 Å². The molecule has 0 bridgehead atoms. The quantitative estimate of drug-likeness (QED) is 0.730. The first-order valence-corrected chi connectivity index (χ1v) is 8.15. The van der Waals surface area contributed by atoms with E-state index in [-0.39, 0.29) is 10.8 Å². The minimum atomic E-state index is -0.0753. The van der Waals surface area contributed by atoms with Gasteiger partial charge in [0.2, 0.25) is 0 Å². The monoisotopic (exact) mass is 310 g/mol. The Morgan fingerprint density at radius 3 is 2.68 bits per heavy atom. The number of aromatic nitrogens is 2. The molecular weight excluding hydrogens is 292 g/mol. The average molecular weight is 310 g/mol. The minimum absolute atomic E-state index is 0.0753. The molecule has 3 nitrogen and oxygen atoms in total. The number of nitrogens with one attached hydrogen (secondary N) is 1. The Labute approximate surface area is 133 Å². The van der Waals surface area contributed by atoms with Gasteiger partial charge in [-0.05, 0) is 44.5 Å². The van der Waals surface area contributed by atoms with Gasteiger partial charge in [-0.1, -0.05) is 29.8 Å². The van der Waals surface area contributed by atoms with Gasteiger partial charge in [-0.3, -0.25) is 4.79 Å². The van der Waals surface area contributed by atoms with E-state index in [9.17, 15) is 4.79 Å². The van der Waals surface area contributed by atoms with E-state index in [2.05, 4.69) is 48.9 Å². The summed E-state index contributed by atoms with van der Waals surface area (Å²) in [6.07, 6.45) is 0. The maximum atomic E-state index is 12.2. The number of rotatable bonds is 3. The van der Waals surface area contributed by atoms with Crippen LogP contribution in [0.3, 0.4) is 0 Å². The number of benzene rings is 2. The molecule has 0 radical (unpaired) electrons. The summed E-state index contributed by atoms with van der Waals surface area (Å²) in [5.41, 5.74) is 3.18. The molecule has 1 N–H and O–H groups in total.